The van der Waals surface area contributed by atoms with Gasteiger partial charge in [-0.15, -0.1) is 0 Å². The average molecular weight is 437 g/mol. The molecule has 0 spiro atoms. The molecule has 1 aromatic carbocycles. The summed E-state index contributed by atoms with van der Waals surface area (Å²) < 4.78 is 12.2. The fourth-order valence-electron chi connectivity index (χ4n) is 3.67. The van der Waals surface area contributed by atoms with Gasteiger partial charge >= 0.3 is 13.1 Å². The summed E-state index contributed by atoms with van der Waals surface area (Å²) in [4.78, 5) is 27.0. The molecule has 1 aromatic rings. The number of nitrogens with one attached hydrogen (secondary N) is 2. The molecular weight excluding hydrogens is 405 g/mol. The zero-order valence-electron chi connectivity index (χ0n) is 19.3. The van der Waals surface area contributed by atoms with E-state index in [-0.39, 0.29) is 5.91 Å². The molecule has 2 heterocycles. The predicted octanol–water partition coefficient (Wildman–Crippen LogP) is 3.04. The van der Waals surface area contributed by atoms with Crippen LogP contribution in [0.5, 0.6) is 0 Å². The molecule has 2 fully saturated rings. The summed E-state index contributed by atoms with van der Waals surface area (Å²) in [7, 11) is -0.452. The summed E-state index contributed by atoms with van der Waals surface area (Å²) in [5.74, 6) is -0.136. The molecule has 1 unspecified atom stereocenters. The Hall–Kier alpha value is -2.84. The molecule has 170 valence electrons. The molecule has 3 amide bonds. The lowest BCUT2D eigenvalue weighted by molar-refractivity contribution is -0.121. The van der Waals surface area contributed by atoms with Crippen LogP contribution >= 0.6 is 0 Å². The summed E-state index contributed by atoms with van der Waals surface area (Å²) in [6, 6.07) is 6.58. The van der Waals surface area contributed by atoms with Crippen LogP contribution in [0, 0.1) is 0 Å². The Morgan fingerprint density at radius 1 is 1.16 bits per heavy atom. The maximum absolute atomic E-state index is 13.0. The van der Waals surface area contributed by atoms with E-state index in [0.717, 1.165) is 17.6 Å². The summed E-state index contributed by atoms with van der Waals surface area (Å²) in [5, 5.41) is 5.43. The van der Waals surface area contributed by atoms with Gasteiger partial charge in [-0.2, -0.15) is 0 Å². The van der Waals surface area contributed by atoms with Crippen molar-refractivity contribution in [3.05, 3.63) is 61.3 Å². The molecule has 0 bridgehead atoms. The van der Waals surface area contributed by atoms with Gasteiger partial charge in [0, 0.05) is 17.9 Å². The monoisotopic (exact) mass is 437 g/mol. The average Bonchev–Trinajstić information content (AvgIpc) is 2.96. The Kier molecular flexibility index (Phi) is 6.95. The highest BCUT2D eigenvalue weighted by molar-refractivity contribution is 6.62. The number of urea groups is 1. The molecule has 32 heavy (non-hydrogen) atoms. The minimum atomic E-state index is -0.596. The minimum absolute atomic E-state index is 0.136. The minimum Gasteiger partial charge on any atom is -0.399 e. The third-order valence-electron chi connectivity index (χ3n) is 6.25. The quantitative estimate of drug-likeness (QED) is 0.530. The molecular formula is C24H32BN3O4. The molecule has 2 saturated heterocycles. The van der Waals surface area contributed by atoms with Gasteiger partial charge in [0.05, 0.1) is 11.2 Å². The second kappa shape index (κ2) is 9.34. The van der Waals surface area contributed by atoms with Crippen LogP contribution in [0.15, 0.2) is 61.3 Å². The van der Waals surface area contributed by atoms with E-state index in [1.54, 1.807) is 17.1 Å². The van der Waals surface area contributed by atoms with Gasteiger partial charge in [-0.1, -0.05) is 31.4 Å². The lowest BCUT2D eigenvalue weighted by Gasteiger charge is -2.32. The number of nitrogens with zero attached hydrogens (tertiary/aromatic N) is 1. The van der Waals surface area contributed by atoms with Crippen molar-refractivity contribution in [3.8, 4) is 0 Å². The summed E-state index contributed by atoms with van der Waals surface area (Å²) in [6.45, 7) is 15.9. The molecule has 0 aliphatic carbocycles. The van der Waals surface area contributed by atoms with Crippen LogP contribution in [-0.4, -0.2) is 42.8 Å². The normalized spacial score (nSPS) is 22.4. The molecule has 1 atom stereocenters. The van der Waals surface area contributed by atoms with E-state index in [0.29, 0.717) is 18.7 Å². The summed E-state index contributed by atoms with van der Waals surface area (Å²) >= 11 is 0. The Balaban J connectivity index is 1.66. The van der Waals surface area contributed by atoms with Gasteiger partial charge in [-0.3, -0.25) is 4.79 Å². The first kappa shape index (κ1) is 23.8. The van der Waals surface area contributed by atoms with E-state index in [1.165, 1.54) is 6.08 Å². The Morgan fingerprint density at radius 2 is 1.78 bits per heavy atom. The lowest BCUT2D eigenvalue weighted by Crippen LogP contribution is -2.54. The first-order valence-corrected chi connectivity index (χ1v) is 10.9. The number of piperidine rings is 1. The third-order valence-corrected chi connectivity index (χ3v) is 6.25. The standard InChI is InChI=1S/C24H32BN3O4/c1-7-10-18(8-2)26-22(30)27-20-11-9-16-28(21(20)29)19-14-12-17(13-15-19)25-31-23(3,4)24(5,6)32-25/h7-8,10,12-15,20H,1-2,9,11,16H2,3-6H3,(H2,26,27,30)/b18-10+. The molecule has 7 nitrogen and oxygen atoms in total. The van der Waals surface area contributed by atoms with E-state index in [1.807, 2.05) is 52.0 Å². The number of carbonyl (C=O) groups excluding carboxylic acids is 2. The van der Waals surface area contributed by atoms with Gasteiger partial charge in [0.2, 0.25) is 5.91 Å². The van der Waals surface area contributed by atoms with E-state index in [9.17, 15) is 9.59 Å². The number of anilines is 1. The zero-order valence-corrected chi connectivity index (χ0v) is 19.3. The van der Waals surface area contributed by atoms with Crippen LogP contribution in [-0.2, 0) is 14.1 Å². The van der Waals surface area contributed by atoms with E-state index >= 15 is 0 Å². The number of benzene rings is 1. The Morgan fingerprint density at radius 3 is 2.34 bits per heavy atom. The topological polar surface area (TPSA) is 79.9 Å². The fourth-order valence-corrected chi connectivity index (χ4v) is 3.67. The molecule has 3 rings (SSSR count). The SMILES string of the molecule is C=C/C=C(\C=C)NC(=O)NC1CCCN(c2ccc(B3OC(C)(C)C(C)(C)O3)cc2)C1=O. The zero-order chi connectivity index (χ0) is 23.5. The third kappa shape index (κ3) is 4.97. The maximum Gasteiger partial charge on any atom is 0.494 e. The number of amides is 3. The molecule has 0 saturated carbocycles. The molecule has 8 heteroatoms. The lowest BCUT2D eigenvalue weighted by atomic mass is 9.79. The summed E-state index contributed by atoms with van der Waals surface area (Å²) in [6.07, 6.45) is 6.06. The van der Waals surface area contributed by atoms with Gasteiger partial charge in [0.1, 0.15) is 6.04 Å². The highest BCUT2D eigenvalue weighted by Crippen LogP contribution is 2.36. The van der Waals surface area contributed by atoms with Crippen molar-refractivity contribution in [3.63, 3.8) is 0 Å². The highest BCUT2D eigenvalue weighted by atomic mass is 16.7. The smallest absolute Gasteiger partial charge is 0.399 e. The molecule has 0 radical (unpaired) electrons. The Labute approximate surface area is 190 Å². The van der Waals surface area contributed by atoms with Crippen molar-refractivity contribution in [2.24, 2.45) is 0 Å². The number of allylic oxidation sites excluding steroid dienone is 3. The first-order valence-electron chi connectivity index (χ1n) is 10.9. The van der Waals surface area contributed by atoms with Gasteiger partial charge in [-0.05, 0) is 70.3 Å². The van der Waals surface area contributed by atoms with Crippen LogP contribution < -0.4 is 21.0 Å². The van der Waals surface area contributed by atoms with Gasteiger partial charge in [0.15, 0.2) is 0 Å². The van der Waals surface area contributed by atoms with Crippen molar-refractivity contribution >= 4 is 30.2 Å². The second-order valence-electron chi connectivity index (χ2n) is 9.02. The first-order chi connectivity index (χ1) is 15.1. The van der Waals surface area contributed by atoms with Gasteiger partial charge in [-0.25, -0.2) is 4.79 Å². The fraction of sp³-hybridized carbons (Fsp3) is 0.417. The van der Waals surface area contributed by atoms with E-state index in [2.05, 4.69) is 23.8 Å². The van der Waals surface area contributed by atoms with Gasteiger partial charge in [0.25, 0.3) is 0 Å². The van der Waals surface area contributed by atoms with Crippen LogP contribution in [0.4, 0.5) is 10.5 Å². The van der Waals surface area contributed by atoms with Crippen molar-refractivity contribution in [2.45, 2.75) is 57.8 Å². The number of hydrogen-bond donors (Lipinski definition) is 2. The van der Waals surface area contributed by atoms with Crippen molar-refractivity contribution in [1.82, 2.24) is 10.6 Å². The molecule has 2 aliphatic heterocycles. The van der Waals surface area contributed by atoms with Crippen LogP contribution in [0.1, 0.15) is 40.5 Å². The number of rotatable bonds is 6. The van der Waals surface area contributed by atoms with Crippen LogP contribution in [0.3, 0.4) is 0 Å². The van der Waals surface area contributed by atoms with Gasteiger partial charge < -0.3 is 24.8 Å². The number of carbonyl (C=O) groups is 2. The second-order valence-corrected chi connectivity index (χ2v) is 9.02. The van der Waals surface area contributed by atoms with Crippen molar-refractivity contribution in [2.75, 3.05) is 11.4 Å². The van der Waals surface area contributed by atoms with Crippen molar-refractivity contribution in [1.29, 1.82) is 0 Å². The molecule has 0 aromatic heterocycles. The number of hydrogen-bond acceptors (Lipinski definition) is 4. The van der Waals surface area contributed by atoms with E-state index < -0.39 is 30.4 Å². The largest absolute Gasteiger partial charge is 0.494 e. The molecule has 2 aliphatic rings. The van der Waals surface area contributed by atoms with Crippen molar-refractivity contribution < 1.29 is 18.9 Å². The van der Waals surface area contributed by atoms with E-state index in [4.69, 9.17) is 9.31 Å². The highest BCUT2D eigenvalue weighted by Gasteiger charge is 2.51. The molecule has 2 N–H and O–H groups in total. The predicted molar refractivity (Wildman–Crippen MR) is 128 cm³/mol. The summed E-state index contributed by atoms with van der Waals surface area (Å²) in [5.41, 5.74) is 1.36. The Bertz CT molecular complexity index is 908. The van der Waals surface area contributed by atoms with Crippen LogP contribution in [0.2, 0.25) is 0 Å². The maximum atomic E-state index is 13.0. The van der Waals surface area contributed by atoms with Crippen LogP contribution in [0.25, 0.3) is 0 Å².